The van der Waals surface area contributed by atoms with Crippen LogP contribution in [0.25, 0.3) is 5.57 Å². The van der Waals surface area contributed by atoms with Gasteiger partial charge in [-0.2, -0.15) is 0 Å². The molecule has 0 bridgehead atoms. The number of aryl methyl sites for hydroxylation is 1. The minimum absolute atomic E-state index is 0.158. The van der Waals surface area contributed by atoms with E-state index >= 15 is 0 Å². The van der Waals surface area contributed by atoms with E-state index in [0.717, 1.165) is 43.6 Å². The van der Waals surface area contributed by atoms with Crippen molar-refractivity contribution in [2.75, 3.05) is 31.1 Å². The number of halogens is 2. The summed E-state index contributed by atoms with van der Waals surface area (Å²) in [5, 5.41) is 3.35. The number of aliphatic imine (C=N–C) groups is 1. The molecule has 0 radical (unpaired) electrons. The van der Waals surface area contributed by atoms with Crippen LogP contribution in [0, 0.1) is 0 Å². The third-order valence-corrected chi connectivity index (χ3v) is 6.52. The Morgan fingerprint density at radius 1 is 1.09 bits per heavy atom. The second-order valence-electron chi connectivity index (χ2n) is 8.74. The average Bonchev–Trinajstić information content (AvgIpc) is 2.98. The van der Waals surface area contributed by atoms with Crippen LogP contribution in [0.1, 0.15) is 48.1 Å². The first-order valence-corrected chi connectivity index (χ1v) is 11.3. The lowest BCUT2D eigenvalue weighted by Crippen LogP contribution is -2.39. The lowest BCUT2D eigenvalue weighted by Gasteiger charge is -2.32. The quantitative estimate of drug-likeness (QED) is 0.770. The summed E-state index contributed by atoms with van der Waals surface area (Å²) in [5.41, 5.74) is 12.5. The van der Waals surface area contributed by atoms with E-state index in [1.807, 2.05) is 11.0 Å². The van der Waals surface area contributed by atoms with Gasteiger partial charge in [0, 0.05) is 44.1 Å². The standard InChI is InChI=1S/C24H28F2N6/c25-24(26)7-11-32(12-8-24)22-14-20(29-15-30-22)23-19-13-18(16-5-9-28-10-6-16)2-1-17(19)3-4-21(27)31-23/h1-2,5,13-15,21,28H,3-4,6-12,27H2. The molecule has 0 saturated carbocycles. The molecule has 1 aromatic heterocycles. The molecular weight excluding hydrogens is 410 g/mol. The van der Waals surface area contributed by atoms with E-state index in [0.29, 0.717) is 11.5 Å². The number of aromatic nitrogens is 2. The molecule has 0 amide bonds. The van der Waals surface area contributed by atoms with Crippen molar-refractivity contribution in [2.45, 2.75) is 44.2 Å². The molecule has 1 atom stereocenters. The predicted octanol–water partition coefficient (Wildman–Crippen LogP) is 3.16. The Morgan fingerprint density at radius 2 is 1.94 bits per heavy atom. The molecule has 1 saturated heterocycles. The number of nitrogens with one attached hydrogen (secondary N) is 1. The number of nitrogens with zero attached hydrogens (tertiary/aromatic N) is 4. The van der Waals surface area contributed by atoms with Crippen molar-refractivity contribution in [1.82, 2.24) is 15.3 Å². The smallest absolute Gasteiger partial charge is 0.251 e. The molecule has 6 nitrogen and oxygen atoms in total. The van der Waals surface area contributed by atoms with Gasteiger partial charge < -0.3 is 16.0 Å². The lowest BCUT2D eigenvalue weighted by atomic mass is 9.92. The van der Waals surface area contributed by atoms with Crippen LogP contribution < -0.4 is 16.0 Å². The first kappa shape index (κ1) is 21.2. The van der Waals surface area contributed by atoms with Gasteiger partial charge in [-0.15, -0.1) is 0 Å². The predicted molar refractivity (Wildman–Crippen MR) is 122 cm³/mol. The zero-order valence-electron chi connectivity index (χ0n) is 18.0. The summed E-state index contributed by atoms with van der Waals surface area (Å²) in [6, 6.07) is 8.42. The molecule has 168 valence electrons. The Morgan fingerprint density at radius 3 is 2.72 bits per heavy atom. The van der Waals surface area contributed by atoms with Gasteiger partial charge in [0.25, 0.3) is 5.92 Å². The molecule has 1 unspecified atom stereocenters. The van der Waals surface area contributed by atoms with Crippen molar-refractivity contribution in [3.8, 4) is 0 Å². The first-order valence-electron chi connectivity index (χ1n) is 11.3. The molecule has 5 rings (SSSR count). The SMILES string of the molecule is NC1CCc2ccc(C3=CCNCC3)cc2C(c2cc(N3CCC(F)(F)CC3)ncn2)=N1. The minimum atomic E-state index is -2.59. The number of nitrogens with two attached hydrogens (primary N) is 1. The number of alkyl halides is 2. The van der Waals surface area contributed by atoms with Crippen molar-refractivity contribution in [1.29, 1.82) is 0 Å². The van der Waals surface area contributed by atoms with Crippen LogP contribution in [0.2, 0.25) is 0 Å². The van der Waals surface area contributed by atoms with Crippen LogP contribution in [-0.4, -0.2) is 53.9 Å². The summed E-state index contributed by atoms with van der Waals surface area (Å²) >= 11 is 0. The number of anilines is 1. The minimum Gasteiger partial charge on any atom is -0.356 e. The van der Waals surface area contributed by atoms with Crippen molar-refractivity contribution in [2.24, 2.45) is 10.7 Å². The molecule has 3 N–H and O–H groups in total. The van der Waals surface area contributed by atoms with E-state index in [-0.39, 0.29) is 32.1 Å². The van der Waals surface area contributed by atoms with E-state index < -0.39 is 5.92 Å². The maximum absolute atomic E-state index is 13.6. The Labute approximate surface area is 186 Å². The Kier molecular flexibility index (Phi) is 5.73. The summed E-state index contributed by atoms with van der Waals surface area (Å²) in [7, 11) is 0. The molecule has 0 aliphatic carbocycles. The summed E-state index contributed by atoms with van der Waals surface area (Å²) < 4.78 is 27.2. The second-order valence-corrected chi connectivity index (χ2v) is 8.74. The van der Waals surface area contributed by atoms with Crippen molar-refractivity contribution < 1.29 is 8.78 Å². The van der Waals surface area contributed by atoms with Gasteiger partial charge in [0.05, 0.1) is 17.6 Å². The molecule has 0 spiro atoms. The maximum Gasteiger partial charge on any atom is 0.251 e. The van der Waals surface area contributed by atoms with Crippen LogP contribution in [0.5, 0.6) is 0 Å². The molecule has 1 fully saturated rings. The van der Waals surface area contributed by atoms with E-state index in [9.17, 15) is 8.78 Å². The fraction of sp³-hybridized carbons (Fsp3) is 0.458. The van der Waals surface area contributed by atoms with Crippen molar-refractivity contribution in [3.05, 3.63) is 59.1 Å². The number of hydrogen-bond donors (Lipinski definition) is 2. The van der Waals surface area contributed by atoms with Gasteiger partial charge in [-0.25, -0.2) is 18.7 Å². The van der Waals surface area contributed by atoms with Gasteiger partial charge in [-0.05, 0) is 48.6 Å². The highest BCUT2D eigenvalue weighted by Gasteiger charge is 2.34. The van der Waals surface area contributed by atoms with Gasteiger partial charge >= 0.3 is 0 Å². The topological polar surface area (TPSA) is 79.4 Å². The number of piperidine rings is 1. The van der Waals surface area contributed by atoms with Gasteiger partial charge in [-0.3, -0.25) is 4.99 Å². The van der Waals surface area contributed by atoms with Crippen molar-refractivity contribution in [3.63, 3.8) is 0 Å². The van der Waals surface area contributed by atoms with Crippen LogP contribution in [0.3, 0.4) is 0 Å². The Hall–Kier alpha value is -2.71. The van der Waals surface area contributed by atoms with E-state index in [1.54, 1.807) is 0 Å². The highest BCUT2D eigenvalue weighted by molar-refractivity contribution is 6.13. The summed E-state index contributed by atoms with van der Waals surface area (Å²) in [5.74, 6) is -1.94. The summed E-state index contributed by atoms with van der Waals surface area (Å²) in [6.45, 7) is 2.40. The normalized spacial score (nSPS) is 23.1. The lowest BCUT2D eigenvalue weighted by molar-refractivity contribution is -0.0221. The average molecular weight is 439 g/mol. The monoisotopic (exact) mass is 438 g/mol. The molecule has 3 aliphatic heterocycles. The highest BCUT2D eigenvalue weighted by Crippen LogP contribution is 2.31. The van der Waals surface area contributed by atoms with E-state index in [1.165, 1.54) is 23.0 Å². The van der Waals surface area contributed by atoms with Crippen LogP contribution in [-0.2, 0) is 6.42 Å². The van der Waals surface area contributed by atoms with E-state index in [2.05, 4.69) is 39.6 Å². The Bertz CT molecular complexity index is 1050. The van der Waals surface area contributed by atoms with Crippen LogP contribution in [0.4, 0.5) is 14.6 Å². The van der Waals surface area contributed by atoms with E-state index in [4.69, 9.17) is 10.7 Å². The van der Waals surface area contributed by atoms with Gasteiger partial charge in [0.2, 0.25) is 0 Å². The molecule has 1 aromatic carbocycles. The zero-order valence-corrected chi connectivity index (χ0v) is 18.0. The zero-order chi connectivity index (χ0) is 22.1. The molecule has 4 heterocycles. The number of rotatable bonds is 3. The molecule has 2 aromatic rings. The molecular formula is C24H28F2N6. The number of hydrogen-bond acceptors (Lipinski definition) is 6. The summed E-state index contributed by atoms with van der Waals surface area (Å²) in [4.78, 5) is 15.6. The molecule has 8 heteroatoms. The van der Waals surface area contributed by atoms with Crippen LogP contribution in [0.15, 0.2) is 41.7 Å². The highest BCUT2D eigenvalue weighted by atomic mass is 19.3. The maximum atomic E-state index is 13.6. The third-order valence-electron chi connectivity index (χ3n) is 6.52. The summed E-state index contributed by atoms with van der Waals surface area (Å²) in [6.07, 6.45) is 5.70. The second kappa shape index (κ2) is 8.67. The Balaban J connectivity index is 1.51. The van der Waals surface area contributed by atoms with Gasteiger partial charge in [0.15, 0.2) is 0 Å². The number of benzene rings is 1. The first-order chi connectivity index (χ1) is 15.5. The largest absolute Gasteiger partial charge is 0.356 e. The fourth-order valence-corrected chi connectivity index (χ4v) is 4.62. The number of fused-ring (bicyclic) bond motifs is 1. The molecule has 32 heavy (non-hydrogen) atoms. The fourth-order valence-electron chi connectivity index (χ4n) is 4.62. The third kappa shape index (κ3) is 4.42. The van der Waals surface area contributed by atoms with Crippen LogP contribution >= 0.6 is 0 Å². The molecule has 3 aliphatic rings. The van der Waals surface area contributed by atoms with Gasteiger partial charge in [0.1, 0.15) is 12.1 Å². The van der Waals surface area contributed by atoms with Gasteiger partial charge in [-0.1, -0.05) is 18.2 Å². The van der Waals surface area contributed by atoms with Crippen molar-refractivity contribution >= 4 is 17.1 Å².